The maximum absolute atomic E-state index is 6.25. The fourth-order valence-corrected chi connectivity index (χ4v) is 4.93. The highest BCUT2D eigenvalue weighted by molar-refractivity contribution is 7.80. The van der Waals surface area contributed by atoms with Gasteiger partial charge < -0.3 is 20.4 Å². The molecule has 0 spiro atoms. The van der Waals surface area contributed by atoms with Gasteiger partial charge in [-0.25, -0.2) is 0 Å². The maximum atomic E-state index is 6.25. The molecule has 2 aliphatic rings. The summed E-state index contributed by atoms with van der Waals surface area (Å²) in [4.78, 5) is 14.4. The van der Waals surface area contributed by atoms with Crippen LogP contribution in [0.2, 0.25) is 5.02 Å². The van der Waals surface area contributed by atoms with Gasteiger partial charge in [0.15, 0.2) is 5.11 Å². The summed E-state index contributed by atoms with van der Waals surface area (Å²) in [5, 5.41) is 7.63. The van der Waals surface area contributed by atoms with Crippen LogP contribution in [0.4, 0.5) is 17.6 Å². The summed E-state index contributed by atoms with van der Waals surface area (Å²) in [6, 6.07) is 9.89. The quantitative estimate of drug-likeness (QED) is 0.630. The number of anilines is 3. The van der Waals surface area contributed by atoms with Crippen molar-refractivity contribution in [1.29, 1.82) is 0 Å². The van der Waals surface area contributed by atoms with Gasteiger partial charge in [-0.05, 0) is 54.9 Å². The molecule has 2 unspecified atom stereocenters. The number of piperidine rings is 1. The minimum absolute atomic E-state index is 0.491. The van der Waals surface area contributed by atoms with Crippen LogP contribution < -0.4 is 20.4 Å². The molecule has 2 saturated heterocycles. The molecule has 0 bridgehead atoms. The monoisotopic (exact) mass is 458 g/mol. The summed E-state index contributed by atoms with van der Waals surface area (Å²) < 4.78 is 0. The van der Waals surface area contributed by atoms with Crippen LogP contribution in [0.5, 0.6) is 0 Å². The maximum Gasteiger partial charge on any atom is 0.232 e. The molecule has 1 aromatic carbocycles. The zero-order valence-electron chi connectivity index (χ0n) is 18.3. The zero-order chi connectivity index (χ0) is 21.8. The van der Waals surface area contributed by atoms with Gasteiger partial charge in [0.25, 0.3) is 0 Å². The van der Waals surface area contributed by atoms with Crippen molar-refractivity contribution in [3.63, 3.8) is 0 Å². The van der Waals surface area contributed by atoms with Gasteiger partial charge in [0.1, 0.15) is 11.6 Å². The van der Waals surface area contributed by atoms with Crippen LogP contribution in [0, 0.1) is 11.8 Å². The molecule has 6 nitrogen and oxygen atoms in total. The molecule has 2 N–H and O–H groups in total. The highest BCUT2D eigenvalue weighted by Gasteiger charge is 2.25. The van der Waals surface area contributed by atoms with Crippen LogP contribution in [-0.2, 0) is 6.54 Å². The zero-order valence-corrected chi connectivity index (χ0v) is 19.8. The lowest BCUT2D eigenvalue weighted by Crippen LogP contribution is -2.39. The van der Waals surface area contributed by atoms with Crippen LogP contribution in [0.25, 0.3) is 0 Å². The van der Waals surface area contributed by atoms with Crippen LogP contribution in [0.1, 0.15) is 38.7 Å². The van der Waals surface area contributed by atoms with E-state index in [-0.39, 0.29) is 0 Å². The molecule has 2 aromatic rings. The average Bonchev–Trinajstić information content (AvgIpc) is 3.27. The van der Waals surface area contributed by atoms with E-state index >= 15 is 0 Å². The van der Waals surface area contributed by atoms with E-state index in [1.54, 1.807) is 0 Å². The largest absolute Gasteiger partial charge is 0.358 e. The first-order valence-corrected chi connectivity index (χ1v) is 11.9. The molecule has 8 heteroatoms. The van der Waals surface area contributed by atoms with Crippen LogP contribution in [0.3, 0.4) is 0 Å². The van der Waals surface area contributed by atoms with Crippen molar-refractivity contribution in [3.8, 4) is 0 Å². The molecule has 0 saturated carbocycles. The topological polar surface area (TPSA) is 56.3 Å². The number of nitrogens with zero attached hydrogens (tertiary/aromatic N) is 4. The van der Waals surface area contributed by atoms with E-state index in [2.05, 4.69) is 40.3 Å². The number of aromatic nitrogens is 2. The van der Waals surface area contributed by atoms with E-state index < -0.39 is 0 Å². The van der Waals surface area contributed by atoms with Gasteiger partial charge in [-0.15, -0.1) is 0 Å². The number of hydrogen-bond donors (Lipinski definition) is 2. The standard InChI is InChI=1S/C23H31ClN6S/c1-16-11-17(2)15-30(14-16)21-12-20(29-9-5-6-10-29)26-22(27-21)28-23(31)25-13-18-7-3-4-8-19(18)24/h3-4,7-8,12,16-17H,5-6,9-11,13-15H2,1-2H3,(H2,25,26,27,28,31). The minimum atomic E-state index is 0.491. The van der Waals surface area contributed by atoms with Crippen molar-refractivity contribution < 1.29 is 0 Å². The summed E-state index contributed by atoms with van der Waals surface area (Å²) in [5.41, 5.74) is 0.997. The molecule has 0 aliphatic carbocycles. The van der Waals surface area contributed by atoms with Gasteiger partial charge in [0.2, 0.25) is 5.95 Å². The predicted octanol–water partition coefficient (Wildman–Crippen LogP) is 4.70. The lowest BCUT2D eigenvalue weighted by Gasteiger charge is -2.36. The van der Waals surface area contributed by atoms with Gasteiger partial charge in [0.05, 0.1) is 0 Å². The third-order valence-corrected chi connectivity index (χ3v) is 6.56. The molecule has 0 radical (unpaired) electrons. The van der Waals surface area contributed by atoms with Gasteiger partial charge in [-0.1, -0.05) is 43.6 Å². The van der Waals surface area contributed by atoms with Crippen molar-refractivity contribution in [3.05, 3.63) is 40.9 Å². The summed E-state index contributed by atoms with van der Waals surface area (Å²) in [5.74, 6) is 3.81. The van der Waals surface area contributed by atoms with E-state index in [0.717, 1.165) is 48.4 Å². The fraction of sp³-hybridized carbons (Fsp3) is 0.522. The van der Waals surface area contributed by atoms with E-state index in [1.807, 2.05) is 24.3 Å². The van der Waals surface area contributed by atoms with E-state index in [9.17, 15) is 0 Å². The Hall–Kier alpha value is -2.12. The average molecular weight is 459 g/mol. The first-order valence-electron chi connectivity index (χ1n) is 11.1. The number of hydrogen-bond acceptors (Lipinski definition) is 5. The summed E-state index contributed by atoms with van der Waals surface area (Å²) in [6.07, 6.45) is 3.68. The molecule has 2 fully saturated rings. The fourth-order valence-electron chi connectivity index (χ4n) is 4.56. The molecule has 31 heavy (non-hydrogen) atoms. The number of benzene rings is 1. The van der Waals surface area contributed by atoms with Gasteiger partial charge >= 0.3 is 0 Å². The molecule has 3 heterocycles. The van der Waals surface area contributed by atoms with E-state index in [0.29, 0.717) is 29.4 Å². The molecular formula is C23H31ClN6S. The second kappa shape index (κ2) is 10.0. The van der Waals surface area contributed by atoms with Crippen molar-refractivity contribution in [2.45, 2.75) is 39.7 Å². The lowest BCUT2D eigenvalue weighted by molar-refractivity contribution is 0.355. The molecule has 2 aliphatic heterocycles. The van der Waals surface area contributed by atoms with Gasteiger partial charge in [0, 0.05) is 43.8 Å². The van der Waals surface area contributed by atoms with Crippen LogP contribution >= 0.6 is 23.8 Å². The Morgan fingerprint density at radius 2 is 1.71 bits per heavy atom. The summed E-state index contributed by atoms with van der Waals surface area (Å²) >= 11 is 11.8. The summed E-state index contributed by atoms with van der Waals surface area (Å²) in [6.45, 7) is 9.31. The van der Waals surface area contributed by atoms with Crippen LogP contribution in [0.15, 0.2) is 30.3 Å². The minimum Gasteiger partial charge on any atom is -0.358 e. The Labute approximate surface area is 195 Å². The first kappa shape index (κ1) is 22.1. The smallest absolute Gasteiger partial charge is 0.232 e. The number of rotatable bonds is 5. The molecule has 0 amide bonds. The molecule has 166 valence electrons. The van der Waals surface area contributed by atoms with Crippen molar-refractivity contribution in [2.24, 2.45) is 11.8 Å². The normalized spacial score (nSPS) is 21.3. The Bertz CT molecular complexity index is 907. The SMILES string of the molecule is CC1CC(C)CN(c2cc(N3CCCC3)nc(NC(=S)NCc3ccccc3Cl)n2)C1. The van der Waals surface area contributed by atoms with Crippen molar-refractivity contribution in [2.75, 3.05) is 41.3 Å². The van der Waals surface area contributed by atoms with Crippen molar-refractivity contribution in [1.82, 2.24) is 15.3 Å². The number of halogens is 1. The lowest BCUT2D eigenvalue weighted by atomic mass is 9.92. The third-order valence-electron chi connectivity index (χ3n) is 5.94. The molecule has 4 rings (SSSR count). The Balaban J connectivity index is 1.51. The van der Waals surface area contributed by atoms with E-state index in [1.165, 1.54) is 19.3 Å². The summed E-state index contributed by atoms with van der Waals surface area (Å²) in [7, 11) is 0. The Kier molecular flexibility index (Phi) is 7.13. The highest BCUT2D eigenvalue weighted by Crippen LogP contribution is 2.29. The van der Waals surface area contributed by atoms with Gasteiger partial charge in [-0.2, -0.15) is 9.97 Å². The molecule has 2 atom stereocenters. The van der Waals surface area contributed by atoms with E-state index in [4.69, 9.17) is 33.8 Å². The highest BCUT2D eigenvalue weighted by atomic mass is 35.5. The number of nitrogens with one attached hydrogen (secondary N) is 2. The number of thiocarbonyl (C=S) groups is 1. The third kappa shape index (κ3) is 5.77. The Morgan fingerprint density at radius 1 is 1.06 bits per heavy atom. The second-order valence-electron chi connectivity index (χ2n) is 8.85. The predicted molar refractivity (Wildman–Crippen MR) is 133 cm³/mol. The van der Waals surface area contributed by atoms with Crippen LogP contribution in [-0.4, -0.2) is 41.3 Å². The van der Waals surface area contributed by atoms with Gasteiger partial charge in [-0.3, -0.25) is 0 Å². The molecule has 1 aromatic heterocycles. The second-order valence-corrected chi connectivity index (χ2v) is 9.67. The van der Waals surface area contributed by atoms with Crippen molar-refractivity contribution >= 4 is 46.5 Å². The first-order chi connectivity index (χ1) is 15.0. The molecular weight excluding hydrogens is 428 g/mol. The Morgan fingerprint density at radius 3 is 2.39 bits per heavy atom.